The Morgan fingerprint density at radius 1 is 1.20 bits per heavy atom. The number of nitrogens with zero attached hydrogens (tertiary/aromatic N) is 2. The number of halogens is 2. The number of hydrogen-bond acceptors (Lipinski definition) is 4. The van der Waals surface area contributed by atoms with E-state index in [4.69, 9.17) is 23.2 Å². The van der Waals surface area contributed by atoms with Crippen LogP contribution in [0.4, 0.5) is 11.5 Å². The maximum absolute atomic E-state index is 6.17. The standard InChI is InChI=1S/C14H11Cl2N3S/c1-2-9-6-10-13(17-7-18-14(10)20-9)19-12-5-8(15)3-4-11(12)16/h3-7H,2H2,1H3,(H,17,18,19). The maximum Gasteiger partial charge on any atom is 0.142 e. The summed E-state index contributed by atoms with van der Waals surface area (Å²) in [7, 11) is 0. The van der Waals surface area contributed by atoms with E-state index < -0.39 is 0 Å². The molecular weight excluding hydrogens is 313 g/mol. The molecule has 1 aromatic carbocycles. The first-order valence-electron chi connectivity index (χ1n) is 6.13. The summed E-state index contributed by atoms with van der Waals surface area (Å²) in [5.74, 6) is 0.745. The summed E-state index contributed by atoms with van der Waals surface area (Å²) >= 11 is 13.8. The van der Waals surface area contributed by atoms with Gasteiger partial charge in [-0.05, 0) is 30.7 Å². The maximum atomic E-state index is 6.17. The number of hydrogen-bond donors (Lipinski definition) is 1. The lowest BCUT2D eigenvalue weighted by Crippen LogP contribution is -1.95. The topological polar surface area (TPSA) is 37.8 Å². The quantitative estimate of drug-likeness (QED) is 0.710. The van der Waals surface area contributed by atoms with Gasteiger partial charge in [0.2, 0.25) is 0 Å². The highest BCUT2D eigenvalue weighted by molar-refractivity contribution is 7.18. The lowest BCUT2D eigenvalue weighted by atomic mass is 10.3. The zero-order valence-corrected chi connectivity index (χ0v) is 13.0. The predicted molar refractivity (Wildman–Crippen MR) is 86.5 cm³/mol. The zero-order valence-electron chi connectivity index (χ0n) is 10.7. The van der Waals surface area contributed by atoms with Gasteiger partial charge in [0.05, 0.1) is 16.1 Å². The van der Waals surface area contributed by atoms with Gasteiger partial charge < -0.3 is 5.32 Å². The average Bonchev–Trinajstić information content (AvgIpc) is 2.87. The fourth-order valence-corrected chi connectivity index (χ4v) is 3.17. The fraction of sp³-hybridized carbons (Fsp3) is 0.143. The molecule has 0 fully saturated rings. The highest BCUT2D eigenvalue weighted by atomic mass is 35.5. The number of aromatic nitrogens is 2. The third-order valence-electron chi connectivity index (χ3n) is 2.91. The Morgan fingerprint density at radius 3 is 2.85 bits per heavy atom. The Bertz CT molecular complexity index is 770. The summed E-state index contributed by atoms with van der Waals surface area (Å²) in [6.45, 7) is 2.12. The van der Waals surface area contributed by atoms with E-state index in [1.165, 1.54) is 4.88 Å². The van der Waals surface area contributed by atoms with E-state index in [2.05, 4.69) is 28.3 Å². The van der Waals surface area contributed by atoms with Gasteiger partial charge in [0.1, 0.15) is 17.0 Å². The normalized spacial score (nSPS) is 10.9. The molecule has 3 nitrogen and oxygen atoms in total. The molecule has 3 aromatic rings. The summed E-state index contributed by atoms with van der Waals surface area (Å²) in [4.78, 5) is 10.9. The van der Waals surface area contributed by atoms with E-state index >= 15 is 0 Å². The van der Waals surface area contributed by atoms with Crippen molar-refractivity contribution < 1.29 is 0 Å². The Balaban J connectivity index is 2.06. The molecule has 0 spiro atoms. The van der Waals surface area contributed by atoms with Crippen LogP contribution in [-0.4, -0.2) is 9.97 Å². The third kappa shape index (κ3) is 2.59. The molecule has 0 aliphatic carbocycles. The monoisotopic (exact) mass is 323 g/mol. The number of fused-ring (bicyclic) bond motifs is 1. The average molecular weight is 324 g/mol. The Morgan fingerprint density at radius 2 is 2.05 bits per heavy atom. The van der Waals surface area contributed by atoms with Crippen molar-refractivity contribution in [3.63, 3.8) is 0 Å². The van der Waals surface area contributed by atoms with Crippen molar-refractivity contribution in [3.05, 3.63) is 45.5 Å². The van der Waals surface area contributed by atoms with Gasteiger partial charge in [-0.25, -0.2) is 9.97 Å². The highest BCUT2D eigenvalue weighted by Crippen LogP contribution is 2.33. The molecule has 0 bridgehead atoms. The van der Waals surface area contributed by atoms with Crippen LogP contribution in [0.1, 0.15) is 11.8 Å². The lowest BCUT2D eigenvalue weighted by Gasteiger charge is -2.08. The first kappa shape index (κ1) is 13.6. The van der Waals surface area contributed by atoms with Crippen LogP contribution >= 0.6 is 34.5 Å². The van der Waals surface area contributed by atoms with E-state index in [1.54, 1.807) is 35.9 Å². The highest BCUT2D eigenvalue weighted by Gasteiger charge is 2.10. The molecular formula is C14H11Cl2N3S. The molecule has 2 heterocycles. The van der Waals surface area contributed by atoms with Crippen LogP contribution in [0.2, 0.25) is 10.0 Å². The summed E-state index contributed by atoms with van der Waals surface area (Å²) in [5, 5.41) is 5.47. The van der Waals surface area contributed by atoms with Crippen molar-refractivity contribution in [2.75, 3.05) is 5.32 Å². The molecule has 6 heteroatoms. The smallest absolute Gasteiger partial charge is 0.142 e. The number of anilines is 2. The molecule has 0 saturated heterocycles. The van der Waals surface area contributed by atoms with Crippen molar-refractivity contribution >= 4 is 56.3 Å². The van der Waals surface area contributed by atoms with Crippen LogP contribution in [-0.2, 0) is 6.42 Å². The number of thiophene rings is 1. The van der Waals surface area contributed by atoms with Gasteiger partial charge >= 0.3 is 0 Å². The summed E-state index contributed by atoms with van der Waals surface area (Å²) in [6, 6.07) is 7.41. The molecule has 0 aliphatic rings. The van der Waals surface area contributed by atoms with Crippen molar-refractivity contribution in [1.82, 2.24) is 9.97 Å². The van der Waals surface area contributed by atoms with Crippen molar-refractivity contribution in [2.24, 2.45) is 0 Å². The van der Waals surface area contributed by atoms with Crippen LogP contribution in [0.3, 0.4) is 0 Å². The van der Waals surface area contributed by atoms with Crippen molar-refractivity contribution in [1.29, 1.82) is 0 Å². The van der Waals surface area contributed by atoms with E-state index in [0.29, 0.717) is 10.0 Å². The van der Waals surface area contributed by atoms with Gasteiger partial charge in [0.15, 0.2) is 0 Å². The molecule has 20 heavy (non-hydrogen) atoms. The first-order chi connectivity index (χ1) is 9.67. The molecule has 0 aliphatic heterocycles. The third-order valence-corrected chi connectivity index (χ3v) is 4.66. The van der Waals surface area contributed by atoms with Crippen LogP contribution in [0.15, 0.2) is 30.6 Å². The molecule has 1 N–H and O–H groups in total. The number of rotatable bonds is 3. The largest absolute Gasteiger partial charge is 0.338 e. The molecule has 0 amide bonds. The summed E-state index contributed by atoms with van der Waals surface area (Å²) < 4.78 is 0. The van der Waals surface area contributed by atoms with E-state index in [0.717, 1.165) is 28.1 Å². The molecule has 2 aromatic heterocycles. The lowest BCUT2D eigenvalue weighted by molar-refractivity contribution is 1.19. The van der Waals surface area contributed by atoms with Crippen LogP contribution in [0, 0.1) is 0 Å². The number of benzene rings is 1. The van der Waals surface area contributed by atoms with Gasteiger partial charge in [-0.2, -0.15) is 0 Å². The Kier molecular flexibility index (Phi) is 3.78. The number of nitrogens with one attached hydrogen (secondary N) is 1. The van der Waals surface area contributed by atoms with Crippen molar-refractivity contribution in [3.8, 4) is 0 Å². The SMILES string of the molecule is CCc1cc2c(Nc3cc(Cl)ccc3Cl)ncnc2s1. The second kappa shape index (κ2) is 5.56. The zero-order chi connectivity index (χ0) is 14.1. The van der Waals surface area contributed by atoms with Gasteiger partial charge in [-0.1, -0.05) is 30.1 Å². The molecule has 0 atom stereocenters. The van der Waals surface area contributed by atoms with Gasteiger partial charge in [0.25, 0.3) is 0 Å². The molecule has 0 unspecified atom stereocenters. The van der Waals surface area contributed by atoms with Crippen LogP contribution < -0.4 is 5.32 Å². The minimum Gasteiger partial charge on any atom is -0.338 e. The summed E-state index contributed by atoms with van der Waals surface area (Å²) in [5.41, 5.74) is 0.739. The Hall–Kier alpha value is -1.36. The predicted octanol–water partition coefficient (Wildman–Crippen LogP) is 5.30. The second-order valence-corrected chi connectivity index (χ2v) is 6.22. The van der Waals surface area contributed by atoms with Gasteiger partial charge in [-0.15, -0.1) is 11.3 Å². The van der Waals surface area contributed by atoms with E-state index in [-0.39, 0.29) is 0 Å². The minimum atomic E-state index is 0.604. The van der Waals surface area contributed by atoms with Crippen molar-refractivity contribution in [2.45, 2.75) is 13.3 Å². The second-order valence-electron chi connectivity index (χ2n) is 4.26. The summed E-state index contributed by atoms with van der Waals surface area (Å²) in [6.07, 6.45) is 2.54. The first-order valence-corrected chi connectivity index (χ1v) is 7.70. The van der Waals surface area contributed by atoms with E-state index in [9.17, 15) is 0 Å². The molecule has 102 valence electrons. The Labute approximate surface area is 130 Å². The van der Waals surface area contributed by atoms with Gasteiger partial charge in [0, 0.05) is 9.90 Å². The van der Waals surface area contributed by atoms with E-state index in [1.807, 2.05) is 0 Å². The number of aryl methyl sites for hydroxylation is 1. The molecule has 0 saturated carbocycles. The molecule has 0 radical (unpaired) electrons. The molecule has 3 rings (SSSR count). The minimum absolute atomic E-state index is 0.604. The van der Waals surface area contributed by atoms with Crippen LogP contribution in [0.25, 0.3) is 10.2 Å². The fourth-order valence-electron chi connectivity index (χ4n) is 1.90. The van der Waals surface area contributed by atoms with Gasteiger partial charge in [-0.3, -0.25) is 0 Å². The van der Waals surface area contributed by atoms with Crippen LogP contribution in [0.5, 0.6) is 0 Å².